The van der Waals surface area contributed by atoms with Crippen molar-refractivity contribution in [2.45, 2.75) is 19.3 Å². The van der Waals surface area contributed by atoms with Crippen molar-refractivity contribution >= 4 is 11.6 Å². The number of H-pyrrole nitrogens is 1. The van der Waals surface area contributed by atoms with E-state index in [0.717, 1.165) is 43.7 Å². The average Bonchev–Trinajstić information content (AvgIpc) is 3.35. The Balaban J connectivity index is 1.37. The second-order valence-corrected chi connectivity index (χ2v) is 6.44. The Labute approximate surface area is 150 Å². The van der Waals surface area contributed by atoms with Gasteiger partial charge in [-0.2, -0.15) is 5.10 Å². The smallest absolute Gasteiger partial charge is 0.277 e. The number of nitrogens with one attached hydrogen (secondary N) is 3. The molecule has 1 amide bonds. The third-order valence-corrected chi connectivity index (χ3v) is 4.57. The quantitative estimate of drug-likeness (QED) is 0.650. The Morgan fingerprint density at radius 1 is 1.23 bits per heavy atom. The van der Waals surface area contributed by atoms with Crippen LogP contribution in [0.2, 0.25) is 0 Å². The van der Waals surface area contributed by atoms with Gasteiger partial charge in [0.25, 0.3) is 5.91 Å². The van der Waals surface area contributed by atoms with Crippen LogP contribution in [0.15, 0.2) is 41.2 Å². The van der Waals surface area contributed by atoms with Gasteiger partial charge in [-0.15, -0.1) is 0 Å². The summed E-state index contributed by atoms with van der Waals surface area (Å²) in [4.78, 5) is 16.5. The number of carbonyl (C=O) groups excluding carboxylic acids is 1. The Bertz CT molecular complexity index is 850. The van der Waals surface area contributed by atoms with Gasteiger partial charge in [-0.25, -0.2) is 4.98 Å². The molecular weight excluding hydrogens is 332 g/mol. The lowest BCUT2D eigenvalue weighted by Gasteiger charge is -2.21. The van der Waals surface area contributed by atoms with Crippen LogP contribution in [-0.4, -0.2) is 39.3 Å². The van der Waals surface area contributed by atoms with Crippen molar-refractivity contribution in [1.29, 1.82) is 0 Å². The van der Waals surface area contributed by atoms with E-state index in [0.29, 0.717) is 23.1 Å². The van der Waals surface area contributed by atoms with Gasteiger partial charge in [0.05, 0.1) is 0 Å². The molecule has 3 aromatic rings. The molecule has 1 aliphatic rings. The minimum Gasteiger partial charge on any atom is -0.361 e. The van der Waals surface area contributed by atoms with Crippen LogP contribution >= 0.6 is 0 Å². The third kappa shape index (κ3) is 3.80. The van der Waals surface area contributed by atoms with E-state index >= 15 is 0 Å². The molecule has 3 heterocycles. The predicted octanol–water partition coefficient (Wildman–Crippen LogP) is 2.25. The number of carbonyl (C=O) groups is 1. The van der Waals surface area contributed by atoms with Crippen molar-refractivity contribution in [2.75, 3.05) is 18.4 Å². The largest absolute Gasteiger partial charge is 0.361 e. The van der Waals surface area contributed by atoms with Crippen LogP contribution in [0.1, 0.15) is 29.1 Å². The van der Waals surface area contributed by atoms with E-state index in [2.05, 4.69) is 31.0 Å². The van der Waals surface area contributed by atoms with Gasteiger partial charge >= 0.3 is 0 Å². The van der Waals surface area contributed by atoms with Crippen LogP contribution < -0.4 is 10.6 Å². The molecule has 8 heteroatoms. The van der Waals surface area contributed by atoms with Gasteiger partial charge in [0.2, 0.25) is 0 Å². The summed E-state index contributed by atoms with van der Waals surface area (Å²) in [5.41, 5.74) is 1.88. The van der Waals surface area contributed by atoms with Gasteiger partial charge in [-0.05, 0) is 56.1 Å². The molecule has 1 saturated heterocycles. The highest BCUT2D eigenvalue weighted by Gasteiger charge is 2.18. The average molecular weight is 352 g/mol. The van der Waals surface area contributed by atoms with E-state index in [1.54, 1.807) is 6.07 Å². The van der Waals surface area contributed by atoms with Gasteiger partial charge in [0.1, 0.15) is 12.1 Å². The monoisotopic (exact) mass is 352 g/mol. The maximum Gasteiger partial charge on any atom is 0.277 e. The van der Waals surface area contributed by atoms with Crippen LogP contribution in [0.4, 0.5) is 5.69 Å². The minimum absolute atomic E-state index is 0.280. The fraction of sp³-hybridized carbons (Fsp3) is 0.333. The Morgan fingerprint density at radius 3 is 2.77 bits per heavy atom. The molecule has 0 radical (unpaired) electrons. The van der Waals surface area contributed by atoms with E-state index in [1.165, 1.54) is 6.33 Å². The van der Waals surface area contributed by atoms with Gasteiger partial charge in [-0.3, -0.25) is 9.89 Å². The maximum atomic E-state index is 12.4. The summed E-state index contributed by atoms with van der Waals surface area (Å²) >= 11 is 0. The van der Waals surface area contributed by atoms with Crippen molar-refractivity contribution in [2.24, 2.45) is 5.92 Å². The zero-order valence-electron chi connectivity index (χ0n) is 14.2. The normalized spacial score (nSPS) is 15.1. The van der Waals surface area contributed by atoms with Crippen LogP contribution in [0.3, 0.4) is 0 Å². The Morgan fingerprint density at radius 2 is 2.04 bits per heavy atom. The number of hydrogen-bond donors (Lipinski definition) is 3. The fourth-order valence-corrected chi connectivity index (χ4v) is 3.14. The van der Waals surface area contributed by atoms with Crippen LogP contribution in [-0.2, 0) is 6.42 Å². The number of rotatable bonds is 5. The lowest BCUT2D eigenvalue weighted by atomic mass is 9.93. The van der Waals surface area contributed by atoms with Crippen LogP contribution in [0.5, 0.6) is 0 Å². The fourth-order valence-electron chi connectivity index (χ4n) is 3.14. The molecule has 4 rings (SSSR count). The molecule has 0 spiro atoms. The molecule has 0 atom stereocenters. The molecule has 2 aromatic heterocycles. The third-order valence-electron chi connectivity index (χ3n) is 4.57. The Hall–Kier alpha value is -3.00. The second-order valence-electron chi connectivity index (χ2n) is 6.44. The van der Waals surface area contributed by atoms with Gasteiger partial charge in [-0.1, -0.05) is 5.16 Å². The summed E-state index contributed by atoms with van der Waals surface area (Å²) < 4.78 is 5.34. The lowest BCUT2D eigenvalue weighted by molar-refractivity contribution is 0.101. The van der Waals surface area contributed by atoms with Crippen LogP contribution in [0, 0.1) is 5.92 Å². The number of aromatic amines is 1. The van der Waals surface area contributed by atoms with Crippen molar-refractivity contribution in [1.82, 2.24) is 25.7 Å². The molecule has 26 heavy (non-hydrogen) atoms. The number of hydrogen-bond acceptors (Lipinski definition) is 6. The number of aromatic nitrogens is 4. The molecule has 1 aromatic carbocycles. The summed E-state index contributed by atoms with van der Waals surface area (Å²) in [5, 5.41) is 16.7. The topological polar surface area (TPSA) is 109 Å². The maximum absolute atomic E-state index is 12.4. The first-order valence-electron chi connectivity index (χ1n) is 8.71. The highest BCUT2D eigenvalue weighted by Crippen LogP contribution is 2.20. The van der Waals surface area contributed by atoms with Gasteiger partial charge < -0.3 is 15.2 Å². The summed E-state index contributed by atoms with van der Waals surface area (Å²) in [6.07, 6.45) is 4.53. The number of anilines is 1. The number of nitrogens with zero attached hydrogens (tertiary/aromatic N) is 3. The number of piperidine rings is 1. The molecule has 0 saturated carbocycles. The molecule has 8 nitrogen and oxygen atoms in total. The van der Waals surface area contributed by atoms with E-state index in [-0.39, 0.29) is 5.91 Å². The van der Waals surface area contributed by atoms with E-state index < -0.39 is 0 Å². The number of benzene rings is 1. The van der Waals surface area contributed by atoms with Crippen molar-refractivity contribution in [3.05, 3.63) is 48.1 Å². The highest BCUT2D eigenvalue weighted by atomic mass is 16.5. The zero-order valence-corrected chi connectivity index (χ0v) is 14.2. The van der Waals surface area contributed by atoms with Gasteiger partial charge in [0, 0.05) is 23.7 Å². The van der Waals surface area contributed by atoms with Gasteiger partial charge in [0.15, 0.2) is 11.5 Å². The van der Waals surface area contributed by atoms with E-state index in [4.69, 9.17) is 4.52 Å². The summed E-state index contributed by atoms with van der Waals surface area (Å²) in [6, 6.07) is 9.08. The molecule has 0 unspecified atom stereocenters. The predicted molar refractivity (Wildman–Crippen MR) is 95.6 cm³/mol. The van der Waals surface area contributed by atoms with E-state index in [1.807, 2.05) is 24.3 Å². The first-order valence-corrected chi connectivity index (χ1v) is 8.71. The van der Waals surface area contributed by atoms with Crippen LogP contribution in [0.25, 0.3) is 11.4 Å². The number of amides is 1. The first-order chi connectivity index (χ1) is 12.8. The summed E-state index contributed by atoms with van der Waals surface area (Å²) in [6.45, 7) is 2.08. The molecule has 1 fully saturated rings. The molecular formula is C18H20N6O2. The molecule has 134 valence electrons. The molecule has 3 N–H and O–H groups in total. The Kier molecular flexibility index (Phi) is 4.74. The van der Waals surface area contributed by atoms with Crippen molar-refractivity contribution in [3.8, 4) is 11.4 Å². The molecule has 0 bridgehead atoms. The molecule has 1 aliphatic heterocycles. The zero-order chi connectivity index (χ0) is 17.8. The lowest BCUT2D eigenvalue weighted by Crippen LogP contribution is -2.28. The first kappa shape index (κ1) is 16.5. The highest BCUT2D eigenvalue weighted by molar-refractivity contribution is 6.02. The molecule has 0 aliphatic carbocycles. The SMILES string of the molecule is O=C(Nc1ccc(-c2ncn[nH]2)cc1)c1cc(CC2CCNCC2)on1. The second kappa shape index (κ2) is 7.49. The van der Waals surface area contributed by atoms with Crippen molar-refractivity contribution in [3.63, 3.8) is 0 Å². The standard InChI is InChI=1S/C18H20N6O2/c25-18(16-10-15(26-24-16)9-12-5-7-19-8-6-12)22-14-3-1-13(2-4-14)17-20-11-21-23-17/h1-4,10-12,19H,5-9H2,(H,22,25)(H,20,21,23). The summed E-state index contributed by atoms with van der Waals surface area (Å²) in [5.74, 6) is 1.76. The van der Waals surface area contributed by atoms with Crippen molar-refractivity contribution < 1.29 is 9.32 Å². The van der Waals surface area contributed by atoms with E-state index in [9.17, 15) is 4.79 Å². The minimum atomic E-state index is -0.280. The summed E-state index contributed by atoms with van der Waals surface area (Å²) in [7, 11) is 0.